The fourth-order valence-electron chi connectivity index (χ4n) is 2.80. The third-order valence-corrected chi connectivity index (χ3v) is 4.29. The van der Waals surface area contributed by atoms with Crippen LogP contribution in [0.2, 0.25) is 0 Å². The molecule has 6 heteroatoms. The van der Waals surface area contributed by atoms with Crippen molar-refractivity contribution in [1.82, 2.24) is 20.5 Å². The van der Waals surface area contributed by atoms with Crippen molar-refractivity contribution in [2.24, 2.45) is 0 Å². The van der Waals surface area contributed by atoms with Crippen molar-refractivity contribution in [2.75, 3.05) is 27.2 Å². The van der Waals surface area contributed by atoms with Gasteiger partial charge in [-0.1, -0.05) is 36.4 Å². The molecule has 0 aliphatic heterocycles. The van der Waals surface area contributed by atoms with E-state index >= 15 is 0 Å². The highest BCUT2D eigenvalue weighted by Crippen LogP contribution is 2.20. The Bertz CT molecular complexity index is 990. The summed E-state index contributed by atoms with van der Waals surface area (Å²) in [6, 6.07) is 16.7. The number of fused-ring (bicyclic) bond motifs is 1. The number of nitrogens with one attached hydrogen (secondary N) is 3. The highest BCUT2D eigenvalue weighted by molar-refractivity contribution is 6.06. The number of nitrogens with zero attached hydrogens (tertiary/aromatic N) is 1. The van der Waals surface area contributed by atoms with E-state index in [1.165, 1.54) is 0 Å². The van der Waals surface area contributed by atoms with Crippen molar-refractivity contribution in [2.45, 2.75) is 0 Å². The molecule has 0 spiro atoms. The maximum atomic E-state index is 12.7. The lowest BCUT2D eigenvalue weighted by Gasteiger charge is -2.13. The fraction of sp³-hybridized carbons (Fsp3) is 0.182. The molecule has 3 N–H and O–H groups in total. The summed E-state index contributed by atoms with van der Waals surface area (Å²) in [4.78, 5) is 30.5. The van der Waals surface area contributed by atoms with Crippen LogP contribution in [0.4, 0.5) is 0 Å². The SMILES string of the molecule is CN(C)CCNC(=O)C(=Cc1c[nH]c2ccccc12)NC(=O)c1ccccc1. The number of rotatable bonds is 7. The summed E-state index contributed by atoms with van der Waals surface area (Å²) in [5, 5.41) is 6.60. The molecular weight excluding hydrogens is 352 g/mol. The Morgan fingerprint density at radius 3 is 2.50 bits per heavy atom. The lowest BCUT2D eigenvalue weighted by molar-refractivity contribution is -0.117. The summed E-state index contributed by atoms with van der Waals surface area (Å²) < 4.78 is 0. The lowest BCUT2D eigenvalue weighted by Crippen LogP contribution is -2.37. The van der Waals surface area contributed by atoms with Crippen molar-refractivity contribution >= 4 is 28.8 Å². The van der Waals surface area contributed by atoms with E-state index in [0.717, 1.165) is 16.5 Å². The summed E-state index contributed by atoms with van der Waals surface area (Å²) in [6.45, 7) is 1.19. The minimum absolute atomic E-state index is 0.206. The Morgan fingerprint density at radius 2 is 1.75 bits per heavy atom. The van der Waals surface area contributed by atoms with Gasteiger partial charge in [-0.3, -0.25) is 9.59 Å². The average molecular weight is 376 g/mol. The molecule has 0 aliphatic rings. The Kier molecular flexibility index (Phi) is 6.24. The molecule has 6 nitrogen and oxygen atoms in total. The largest absolute Gasteiger partial charge is 0.361 e. The standard InChI is InChI=1S/C22H24N4O2/c1-26(2)13-12-23-22(28)20(25-21(27)16-8-4-3-5-9-16)14-17-15-24-19-11-7-6-10-18(17)19/h3-11,14-15,24H,12-13H2,1-2H3,(H,23,28)(H,25,27). The van der Waals surface area contributed by atoms with Crippen LogP contribution in [-0.4, -0.2) is 48.9 Å². The van der Waals surface area contributed by atoms with E-state index in [0.29, 0.717) is 18.7 Å². The number of hydrogen-bond acceptors (Lipinski definition) is 3. The summed E-state index contributed by atoms with van der Waals surface area (Å²) in [6.07, 6.45) is 3.52. The molecule has 0 radical (unpaired) electrons. The van der Waals surface area contributed by atoms with Crippen LogP contribution in [0.1, 0.15) is 15.9 Å². The molecule has 144 valence electrons. The van der Waals surface area contributed by atoms with Gasteiger partial charge in [0.1, 0.15) is 5.70 Å². The molecule has 2 aromatic carbocycles. The number of aromatic amines is 1. The van der Waals surface area contributed by atoms with Crippen molar-refractivity contribution < 1.29 is 9.59 Å². The third kappa shape index (κ3) is 4.86. The van der Waals surface area contributed by atoms with Crippen LogP contribution in [0.25, 0.3) is 17.0 Å². The highest BCUT2D eigenvalue weighted by Gasteiger charge is 2.15. The Labute approximate surface area is 164 Å². The fourth-order valence-corrected chi connectivity index (χ4v) is 2.80. The van der Waals surface area contributed by atoms with Crippen molar-refractivity contribution in [3.63, 3.8) is 0 Å². The van der Waals surface area contributed by atoms with Gasteiger partial charge in [-0.25, -0.2) is 0 Å². The number of carbonyl (C=O) groups is 2. The van der Waals surface area contributed by atoms with Gasteiger partial charge in [-0.2, -0.15) is 0 Å². The smallest absolute Gasteiger partial charge is 0.267 e. The van der Waals surface area contributed by atoms with Gasteiger partial charge in [0.2, 0.25) is 0 Å². The maximum Gasteiger partial charge on any atom is 0.267 e. The molecule has 0 bridgehead atoms. The third-order valence-electron chi connectivity index (χ3n) is 4.29. The topological polar surface area (TPSA) is 77.2 Å². The van der Waals surface area contributed by atoms with E-state index in [-0.39, 0.29) is 17.5 Å². The number of carbonyl (C=O) groups excluding carboxylic acids is 2. The number of para-hydroxylation sites is 1. The lowest BCUT2D eigenvalue weighted by atomic mass is 10.1. The van der Waals surface area contributed by atoms with E-state index in [4.69, 9.17) is 0 Å². The van der Waals surface area contributed by atoms with Gasteiger partial charge in [0.05, 0.1) is 0 Å². The molecule has 0 unspecified atom stereocenters. The monoisotopic (exact) mass is 376 g/mol. The predicted molar refractivity (Wildman–Crippen MR) is 112 cm³/mol. The molecule has 0 atom stereocenters. The zero-order valence-electron chi connectivity index (χ0n) is 16.0. The van der Waals surface area contributed by atoms with Crippen molar-refractivity contribution in [3.05, 3.63) is 77.6 Å². The second-order valence-corrected chi connectivity index (χ2v) is 6.73. The van der Waals surface area contributed by atoms with Crippen LogP contribution >= 0.6 is 0 Å². The van der Waals surface area contributed by atoms with E-state index in [2.05, 4.69) is 15.6 Å². The zero-order chi connectivity index (χ0) is 19.9. The van der Waals surface area contributed by atoms with E-state index in [1.807, 2.05) is 55.5 Å². The van der Waals surface area contributed by atoms with Crippen LogP contribution in [-0.2, 0) is 4.79 Å². The average Bonchev–Trinajstić information content (AvgIpc) is 3.10. The normalized spacial score (nSPS) is 11.6. The van der Waals surface area contributed by atoms with Gasteiger partial charge in [-0.05, 0) is 38.4 Å². The van der Waals surface area contributed by atoms with Crippen molar-refractivity contribution in [3.8, 4) is 0 Å². The van der Waals surface area contributed by atoms with Crippen LogP contribution in [0.5, 0.6) is 0 Å². The van der Waals surface area contributed by atoms with Gasteiger partial charge < -0.3 is 20.5 Å². The summed E-state index contributed by atoms with van der Waals surface area (Å²) in [5.74, 6) is -0.647. The molecule has 0 fully saturated rings. The second-order valence-electron chi connectivity index (χ2n) is 6.73. The first-order valence-electron chi connectivity index (χ1n) is 9.12. The van der Waals surface area contributed by atoms with Gasteiger partial charge in [0, 0.05) is 41.3 Å². The molecule has 0 saturated carbocycles. The predicted octanol–water partition coefficient (Wildman–Crippen LogP) is 2.62. The molecule has 2 amide bonds. The van der Waals surface area contributed by atoms with Crippen LogP contribution < -0.4 is 10.6 Å². The first-order valence-corrected chi connectivity index (χ1v) is 9.12. The van der Waals surface area contributed by atoms with Crippen molar-refractivity contribution in [1.29, 1.82) is 0 Å². The minimum Gasteiger partial charge on any atom is -0.361 e. The van der Waals surface area contributed by atoms with E-state index in [1.54, 1.807) is 30.3 Å². The number of likely N-dealkylation sites (N-methyl/N-ethyl adjacent to an activating group) is 1. The number of amides is 2. The van der Waals surface area contributed by atoms with E-state index < -0.39 is 0 Å². The molecule has 28 heavy (non-hydrogen) atoms. The van der Waals surface area contributed by atoms with Crippen LogP contribution in [0.15, 0.2) is 66.5 Å². The minimum atomic E-state index is -0.325. The number of benzene rings is 2. The second kappa shape index (κ2) is 9.01. The number of aromatic nitrogens is 1. The summed E-state index contributed by atoms with van der Waals surface area (Å²) in [7, 11) is 3.87. The Balaban J connectivity index is 1.87. The molecule has 1 aromatic heterocycles. The first kappa shape index (κ1) is 19.4. The highest BCUT2D eigenvalue weighted by atomic mass is 16.2. The van der Waals surface area contributed by atoms with Gasteiger partial charge >= 0.3 is 0 Å². The molecular formula is C22H24N4O2. The van der Waals surface area contributed by atoms with Crippen LogP contribution in [0.3, 0.4) is 0 Å². The first-order chi connectivity index (χ1) is 13.5. The maximum absolute atomic E-state index is 12.7. The summed E-state index contributed by atoms with van der Waals surface area (Å²) in [5.41, 5.74) is 2.50. The van der Waals surface area contributed by atoms with Gasteiger partial charge in [0.25, 0.3) is 11.8 Å². The molecule has 1 heterocycles. The number of hydrogen-bond donors (Lipinski definition) is 3. The quantitative estimate of drug-likeness (QED) is 0.555. The summed E-state index contributed by atoms with van der Waals surface area (Å²) >= 11 is 0. The zero-order valence-corrected chi connectivity index (χ0v) is 16.0. The molecule has 0 aliphatic carbocycles. The van der Waals surface area contributed by atoms with Gasteiger partial charge in [0.15, 0.2) is 0 Å². The Hall–Kier alpha value is -3.38. The van der Waals surface area contributed by atoms with E-state index in [9.17, 15) is 9.59 Å². The number of H-pyrrole nitrogens is 1. The molecule has 3 aromatic rings. The van der Waals surface area contributed by atoms with Crippen LogP contribution in [0, 0.1) is 0 Å². The molecule has 0 saturated heterocycles. The molecule has 3 rings (SSSR count). The van der Waals surface area contributed by atoms with Gasteiger partial charge in [-0.15, -0.1) is 0 Å². The Morgan fingerprint density at radius 1 is 1.04 bits per heavy atom.